The van der Waals surface area contributed by atoms with Gasteiger partial charge in [-0.25, -0.2) is 0 Å². The van der Waals surface area contributed by atoms with Crippen molar-refractivity contribution in [3.8, 4) is 5.75 Å². The third-order valence-corrected chi connectivity index (χ3v) is 4.58. The number of hydrogen-bond donors (Lipinski definition) is 2. The van der Waals surface area contributed by atoms with E-state index in [2.05, 4.69) is 48.2 Å². The van der Waals surface area contributed by atoms with Crippen molar-refractivity contribution in [2.75, 3.05) is 31.1 Å². The van der Waals surface area contributed by atoms with Crippen LogP contribution in [0.4, 0.5) is 5.69 Å². The minimum Gasteiger partial charge on any atom is -0.507 e. The molecule has 2 aromatic carbocycles. The normalized spacial score (nSPS) is 16.0. The summed E-state index contributed by atoms with van der Waals surface area (Å²) in [5, 5.41) is 10.1. The maximum absolute atomic E-state index is 10.1. The molecule has 1 heterocycles. The molecule has 0 spiro atoms. The molecule has 0 amide bonds. The topological polar surface area (TPSA) is 27.9 Å². The van der Waals surface area contributed by atoms with Gasteiger partial charge in [0.25, 0.3) is 0 Å². The minimum atomic E-state index is 0.440. The van der Waals surface area contributed by atoms with E-state index in [-0.39, 0.29) is 0 Å². The number of aromatic hydroxyl groups is 1. The summed E-state index contributed by atoms with van der Waals surface area (Å²) in [6.45, 7) is 7.46. The average molecular weight is 297 g/mol. The van der Waals surface area contributed by atoms with E-state index in [4.69, 9.17) is 0 Å². The van der Waals surface area contributed by atoms with Gasteiger partial charge in [0.1, 0.15) is 12.3 Å². The molecule has 0 aliphatic carbocycles. The largest absolute Gasteiger partial charge is 0.507 e. The molecule has 0 saturated carbocycles. The fraction of sp³-hybridized carbons (Fsp3) is 0.368. The average Bonchev–Trinajstić information content (AvgIpc) is 2.58. The summed E-state index contributed by atoms with van der Waals surface area (Å²) < 4.78 is 0. The third kappa shape index (κ3) is 3.42. The van der Waals surface area contributed by atoms with Crippen LogP contribution in [0.25, 0.3) is 0 Å². The molecule has 116 valence electrons. The molecule has 3 heteroatoms. The van der Waals surface area contributed by atoms with Gasteiger partial charge in [0, 0.05) is 11.3 Å². The number of benzene rings is 2. The summed E-state index contributed by atoms with van der Waals surface area (Å²) >= 11 is 0. The lowest BCUT2D eigenvalue weighted by Crippen LogP contribution is -3.13. The number of rotatable bonds is 4. The maximum Gasteiger partial charge on any atom is 0.124 e. The highest BCUT2D eigenvalue weighted by molar-refractivity contribution is 5.46. The fourth-order valence-corrected chi connectivity index (χ4v) is 3.17. The first-order valence-electron chi connectivity index (χ1n) is 8.20. The Bertz CT molecular complexity index is 604. The molecule has 0 unspecified atom stereocenters. The van der Waals surface area contributed by atoms with Crippen molar-refractivity contribution in [3.63, 3.8) is 0 Å². The first kappa shape index (κ1) is 14.9. The van der Waals surface area contributed by atoms with Crippen LogP contribution in [-0.2, 0) is 13.0 Å². The maximum atomic E-state index is 10.1. The summed E-state index contributed by atoms with van der Waals surface area (Å²) in [5.41, 5.74) is 3.70. The van der Waals surface area contributed by atoms with E-state index in [0.29, 0.717) is 5.75 Å². The summed E-state index contributed by atoms with van der Waals surface area (Å²) in [5.74, 6) is 0.440. The van der Waals surface area contributed by atoms with E-state index >= 15 is 0 Å². The van der Waals surface area contributed by atoms with E-state index < -0.39 is 0 Å². The van der Waals surface area contributed by atoms with Crippen LogP contribution in [-0.4, -0.2) is 31.3 Å². The van der Waals surface area contributed by atoms with Crippen LogP contribution in [0.5, 0.6) is 5.75 Å². The molecule has 0 bridgehead atoms. The first-order valence-corrected chi connectivity index (χ1v) is 8.20. The van der Waals surface area contributed by atoms with E-state index in [1.807, 2.05) is 12.1 Å². The number of piperazine rings is 1. The van der Waals surface area contributed by atoms with Gasteiger partial charge in [-0.2, -0.15) is 0 Å². The minimum absolute atomic E-state index is 0.440. The zero-order valence-corrected chi connectivity index (χ0v) is 13.3. The van der Waals surface area contributed by atoms with Crippen LogP contribution in [0.3, 0.4) is 0 Å². The number of para-hydroxylation sites is 1. The molecule has 1 fully saturated rings. The quantitative estimate of drug-likeness (QED) is 0.901. The number of nitrogens with one attached hydrogen (secondary N) is 1. The second kappa shape index (κ2) is 6.84. The van der Waals surface area contributed by atoms with Crippen molar-refractivity contribution in [1.29, 1.82) is 0 Å². The summed E-state index contributed by atoms with van der Waals surface area (Å²) in [6, 6.07) is 16.6. The number of anilines is 1. The van der Waals surface area contributed by atoms with Gasteiger partial charge >= 0.3 is 0 Å². The van der Waals surface area contributed by atoms with Crippen molar-refractivity contribution in [1.82, 2.24) is 0 Å². The van der Waals surface area contributed by atoms with Crippen LogP contribution in [0.15, 0.2) is 48.5 Å². The number of nitrogens with zero attached hydrogens (tertiary/aromatic N) is 1. The van der Waals surface area contributed by atoms with Gasteiger partial charge in [-0.05, 0) is 36.2 Å². The Balaban J connectivity index is 1.60. The molecule has 0 atom stereocenters. The Morgan fingerprint density at radius 1 is 1.05 bits per heavy atom. The first-order chi connectivity index (χ1) is 10.8. The molecule has 3 rings (SSSR count). The molecule has 0 radical (unpaired) electrons. The summed E-state index contributed by atoms with van der Waals surface area (Å²) in [4.78, 5) is 4.00. The zero-order valence-electron chi connectivity index (χ0n) is 13.3. The third-order valence-electron chi connectivity index (χ3n) is 4.58. The highest BCUT2D eigenvalue weighted by Gasteiger charge is 2.21. The Labute approximate surface area is 132 Å². The van der Waals surface area contributed by atoms with Gasteiger partial charge in [-0.1, -0.05) is 31.2 Å². The van der Waals surface area contributed by atoms with Crippen molar-refractivity contribution in [2.24, 2.45) is 0 Å². The van der Waals surface area contributed by atoms with Crippen LogP contribution >= 0.6 is 0 Å². The summed E-state index contributed by atoms with van der Waals surface area (Å²) in [7, 11) is 0. The van der Waals surface area contributed by atoms with Gasteiger partial charge in [0.15, 0.2) is 0 Å². The van der Waals surface area contributed by atoms with Crippen molar-refractivity contribution in [2.45, 2.75) is 19.9 Å². The SMILES string of the molecule is CCc1ccc(O)c(C[NH+]2CCN(c3ccccc3)CC2)c1. The number of phenolic OH excluding ortho intramolecular Hbond substituents is 1. The zero-order chi connectivity index (χ0) is 15.4. The van der Waals surface area contributed by atoms with Gasteiger partial charge in [-0.15, -0.1) is 0 Å². The molecular formula is C19H25N2O+. The lowest BCUT2D eigenvalue weighted by molar-refractivity contribution is -0.914. The van der Waals surface area contributed by atoms with Crippen LogP contribution < -0.4 is 9.80 Å². The Hall–Kier alpha value is -2.00. The second-order valence-electron chi connectivity index (χ2n) is 6.07. The Kier molecular flexibility index (Phi) is 4.64. The number of hydrogen-bond acceptors (Lipinski definition) is 2. The summed E-state index contributed by atoms with van der Waals surface area (Å²) in [6.07, 6.45) is 1.02. The van der Waals surface area contributed by atoms with E-state index in [0.717, 1.165) is 44.7 Å². The fourth-order valence-electron chi connectivity index (χ4n) is 3.17. The van der Waals surface area contributed by atoms with E-state index in [1.54, 1.807) is 4.90 Å². The monoisotopic (exact) mass is 297 g/mol. The predicted molar refractivity (Wildman–Crippen MR) is 90.5 cm³/mol. The Morgan fingerprint density at radius 2 is 1.77 bits per heavy atom. The van der Waals surface area contributed by atoms with Gasteiger partial charge < -0.3 is 14.9 Å². The van der Waals surface area contributed by atoms with Gasteiger partial charge in [0.05, 0.1) is 26.2 Å². The highest BCUT2D eigenvalue weighted by atomic mass is 16.3. The molecular weight excluding hydrogens is 272 g/mol. The standard InChI is InChI=1S/C19H24N2O/c1-2-16-8-9-19(22)17(14-16)15-20-10-12-21(13-11-20)18-6-4-3-5-7-18/h3-9,14,22H,2,10-13,15H2,1H3/p+1. The number of aryl methyl sites for hydroxylation is 1. The highest BCUT2D eigenvalue weighted by Crippen LogP contribution is 2.18. The molecule has 2 aromatic rings. The van der Waals surface area contributed by atoms with Crippen LogP contribution in [0.1, 0.15) is 18.1 Å². The van der Waals surface area contributed by atoms with Crippen molar-refractivity contribution >= 4 is 5.69 Å². The van der Waals surface area contributed by atoms with Gasteiger partial charge in [-0.3, -0.25) is 0 Å². The van der Waals surface area contributed by atoms with E-state index in [1.165, 1.54) is 11.3 Å². The number of phenols is 1. The van der Waals surface area contributed by atoms with Crippen LogP contribution in [0.2, 0.25) is 0 Å². The van der Waals surface area contributed by atoms with Crippen molar-refractivity contribution in [3.05, 3.63) is 59.7 Å². The van der Waals surface area contributed by atoms with Crippen molar-refractivity contribution < 1.29 is 10.0 Å². The molecule has 1 aliphatic rings. The number of quaternary nitrogens is 1. The molecule has 1 aliphatic heterocycles. The Morgan fingerprint density at radius 3 is 2.45 bits per heavy atom. The molecule has 1 saturated heterocycles. The van der Waals surface area contributed by atoms with E-state index in [9.17, 15) is 5.11 Å². The smallest absolute Gasteiger partial charge is 0.124 e. The van der Waals surface area contributed by atoms with Gasteiger partial charge in [0.2, 0.25) is 0 Å². The molecule has 3 nitrogen and oxygen atoms in total. The lowest BCUT2D eigenvalue weighted by Gasteiger charge is -2.33. The molecule has 2 N–H and O–H groups in total. The molecule has 22 heavy (non-hydrogen) atoms. The van der Waals surface area contributed by atoms with Crippen LogP contribution in [0, 0.1) is 0 Å². The predicted octanol–water partition coefficient (Wildman–Crippen LogP) is 1.86. The second-order valence-corrected chi connectivity index (χ2v) is 6.07. The molecule has 0 aromatic heterocycles. The lowest BCUT2D eigenvalue weighted by atomic mass is 10.1.